The molecule has 0 unspecified atom stereocenters. The van der Waals surface area contributed by atoms with E-state index in [-0.39, 0.29) is 12.5 Å². The maximum absolute atomic E-state index is 12.0. The summed E-state index contributed by atoms with van der Waals surface area (Å²) < 4.78 is 1.98. The Balaban J connectivity index is 2.84. The molecule has 1 aromatic rings. The molecule has 0 saturated carbocycles. The van der Waals surface area contributed by atoms with E-state index in [0.29, 0.717) is 18.9 Å². The number of aryl methyl sites for hydroxylation is 1. The van der Waals surface area contributed by atoms with Gasteiger partial charge in [0.25, 0.3) is 0 Å². The molecule has 0 aliphatic heterocycles. The quantitative estimate of drug-likeness (QED) is 0.841. The first-order valence-electron chi connectivity index (χ1n) is 6.74. The van der Waals surface area contributed by atoms with Crippen LogP contribution in [0.3, 0.4) is 0 Å². The molecule has 0 radical (unpaired) electrons. The molecule has 1 aromatic heterocycles. The second-order valence-corrected chi connectivity index (χ2v) is 5.44. The van der Waals surface area contributed by atoms with E-state index in [1.807, 2.05) is 18.5 Å². The Hall–Kier alpha value is -1.36. The average Bonchev–Trinajstić information content (AvgIpc) is 2.56. The molecule has 0 fully saturated rings. The van der Waals surface area contributed by atoms with Gasteiger partial charge in [0.05, 0.1) is 18.7 Å². The maximum atomic E-state index is 12.0. The van der Waals surface area contributed by atoms with Crippen molar-refractivity contribution >= 4 is 5.91 Å². The number of nitrogens with zero attached hydrogens (tertiary/aromatic N) is 3. The van der Waals surface area contributed by atoms with Crippen molar-refractivity contribution in [2.45, 2.75) is 40.7 Å². The fraction of sp³-hybridized carbons (Fsp3) is 0.714. The van der Waals surface area contributed by atoms with Gasteiger partial charge in [-0.1, -0.05) is 13.8 Å². The summed E-state index contributed by atoms with van der Waals surface area (Å²) in [7, 11) is 1.71. The predicted octanol–water partition coefficient (Wildman–Crippen LogP) is 1.15. The Morgan fingerprint density at radius 2 is 2.05 bits per heavy atom. The molecular formula is C14H25N3O2. The van der Waals surface area contributed by atoms with Gasteiger partial charge in [-0.05, 0) is 19.8 Å². The minimum Gasteiger partial charge on any atom is -0.395 e. The highest BCUT2D eigenvalue weighted by Crippen LogP contribution is 2.16. The number of aliphatic hydroxyl groups excluding tert-OH is 1. The molecule has 0 saturated heterocycles. The Bertz CT molecular complexity index is 438. The van der Waals surface area contributed by atoms with Crippen LogP contribution in [0.25, 0.3) is 0 Å². The number of amides is 1. The van der Waals surface area contributed by atoms with Crippen LogP contribution >= 0.6 is 0 Å². The third-order valence-corrected chi connectivity index (χ3v) is 3.26. The van der Waals surface area contributed by atoms with Gasteiger partial charge < -0.3 is 10.0 Å². The standard InChI is InChI=1S/C14H25N3O2/c1-10(2)9-17-12(4)13(11(3)15-17)8-14(19)16(5)6-7-18/h10,18H,6-9H2,1-5H3. The summed E-state index contributed by atoms with van der Waals surface area (Å²) in [5, 5.41) is 13.4. The minimum absolute atomic E-state index is 0.00713. The molecular weight excluding hydrogens is 242 g/mol. The summed E-state index contributed by atoms with van der Waals surface area (Å²) in [6.07, 6.45) is 0.353. The lowest BCUT2D eigenvalue weighted by Crippen LogP contribution is -2.31. The van der Waals surface area contributed by atoms with Crippen molar-refractivity contribution in [1.82, 2.24) is 14.7 Å². The number of aromatic nitrogens is 2. The lowest BCUT2D eigenvalue weighted by Gasteiger charge is -2.15. The maximum Gasteiger partial charge on any atom is 0.226 e. The summed E-state index contributed by atoms with van der Waals surface area (Å²) in [5.74, 6) is 0.544. The third-order valence-electron chi connectivity index (χ3n) is 3.26. The van der Waals surface area contributed by atoms with Gasteiger partial charge in [0, 0.05) is 31.4 Å². The smallest absolute Gasteiger partial charge is 0.226 e. The van der Waals surface area contributed by atoms with Crippen LogP contribution in [0, 0.1) is 19.8 Å². The summed E-state index contributed by atoms with van der Waals surface area (Å²) in [6, 6.07) is 0. The molecule has 0 spiro atoms. The molecule has 1 amide bonds. The third kappa shape index (κ3) is 4.06. The molecule has 19 heavy (non-hydrogen) atoms. The van der Waals surface area contributed by atoms with Crippen LogP contribution in [0.2, 0.25) is 0 Å². The number of hydrogen-bond donors (Lipinski definition) is 1. The highest BCUT2D eigenvalue weighted by Gasteiger charge is 2.17. The van der Waals surface area contributed by atoms with Gasteiger partial charge in [-0.2, -0.15) is 5.10 Å². The zero-order valence-electron chi connectivity index (χ0n) is 12.6. The van der Waals surface area contributed by atoms with Gasteiger partial charge in [-0.25, -0.2) is 0 Å². The molecule has 5 heteroatoms. The molecule has 0 aromatic carbocycles. The topological polar surface area (TPSA) is 58.4 Å². The second kappa shape index (κ2) is 6.70. The molecule has 108 valence electrons. The van der Waals surface area contributed by atoms with E-state index in [9.17, 15) is 4.79 Å². The monoisotopic (exact) mass is 267 g/mol. The Morgan fingerprint density at radius 1 is 1.42 bits per heavy atom. The number of carbonyl (C=O) groups excluding carboxylic acids is 1. The van der Waals surface area contributed by atoms with Crippen LogP contribution in [0.5, 0.6) is 0 Å². The normalized spacial score (nSPS) is 11.1. The fourth-order valence-corrected chi connectivity index (χ4v) is 2.07. The molecule has 1 rings (SSSR count). The summed E-state index contributed by atoms with van der Waals surface area (Å²) in [4.78, 5) is 13.6. The van der Waals surface area contributed by atoms with Crippen molar-refractivity contribution in [3.05, 3.63) is 17.0 Å². The largest absolute Gasteiger partial charge is 0.395 e. The number of rotatable bonds is 6. The molecule has 0 aliphatic rings. The van der Waals surface area contributed by atoms with Crippen LogP contribution in [-0.4, -0.2) is 45.9 Å². The summed E-state index contributed by atoms with van der Waals surface area (Å²) in [6.45, 7) is 9.49. The van der Waals surface area contributed by atoms with Crippen molar-refractivity contribution in [3.63, 3.8) is 0 Å². The first-order valence-corrected chi connectivity index (χ1v) is 6.74. The summed E-state index contributed by atoms with van der Waals surface area (Å²) >= 11 is 0. The fourth-order valence-electron chi connectivity index (χ4n) is 2.07. The zero-order valence-corrected chi connectivity index (χ0v) is 12.6. The van der Waals surface area contributed by atoms with Crippen molar-refractivity contribution in [2.75, 3.05) is 20.2 Å². The van der Waals surface area contributed by atoms with Crippen molar-refractivity contribution in [3.8, 4) is 0 Å². The molecule has 1 N–H and O–H groups in total. The summed E-state index contributed by atoms with van der Waals surface area (Å²) in [5.41, 5.74) is 3.00. The molecule has 0 atom stereocenters. The van der Waals surface area contributed by atoms with E-state index >= 15 is 0 Å². The van der Waals surface area contributed by atoms with E-state index < -0.39 is 0 Å². The van der Waals surface area contributed by atoms with Gasteiger partial charge in [0.2, 0.25) is 5.91 Å². The van der Waals surface area contributed by atoms with Gasteiger partial charge in [-0.3, -0.25) is 9.48 Å². The number of likely N-dealkylation sites (N-methyl/N-ethyl adjacent to an activating group) is 1. The second-order valence-electron chi connectivity index (χ2n) is 5.44. The molecule has 5 nitrogen and oxygen atoms in total. The van der Waals surface area contributed by atoms with Crippen LogP contribution in [-0.2, 0) is 17.8 Å². The first kappa shape index (κ1) is 15.7. The van der Waals surface area contributed by atoms with E-state index in [1.165, 1.54) is 0 Å². The van der Waals surface area contributed by atoms with E-state index in [4.69, 9.17) is 5.11 Å². The molecule has 0 bridgehead atoms. The highest BCUT2D eigenvalue weighted by molar-refractivity contribution is 5.79. The van der Waals surface area contributed by atoms with Crippen molar-refractivity contribution in [1.29, 1.82) is 0 Å². The zero-order chi connectivity index (χ0) is 14.6. The van der Waals surface area contributed by atoms with Crippen LogP contribution in [0.1, 0.15) is 30.8 Å². The minimum atomic E-state index is -0.00713. The molecule has 1 heterocycles. The SMILES string of the molecule is Cc1nn(CC(C)C)c(C)c1CC(=O)N(C)CCO. The number of aliphatic hydroxyl groups is 1. The van der Waals surface area contributed by atoms with Crippen molar-refractivity contribution in [2.24, 2.45) is 5.92 Å². The average molecular weight is 267 g/mol. The van der Waals surface area contributed by atoms with Crippen molar-refractivity contribution < 1.29 is 9.90 Å². The Kier molecular flexibility index (Phi) is 5.54. The van der Waals surface area contributed by atoms with Crippen LogP contribution in [0.15, 0.2) is 0 Å². The Labute approximate surface area is 115 Å². The van der Waals surface area contributed by atoms with Gasteiger partial charge in [-0.15, -0.1) is 0 Å². The van der Waals surface area contributed by atoms with Gasteiger partial charge in [0.1, 0.15) is 0 Å². The Morgan fingerprint density at radius 3 is 2.58 bits per heavy atom. The molecule has 0 aliphatic carbocycles. The lowest BCUT2D eigenvalue weighted by molar-refractivity contribution is -0.129. The van der Waals surface area contributed by atoms with E-state index in [0.717, 1.165) is 23.5 Å². The van der Waals surface area contributed by atoms with E-state index in [2.05, 4.69) is 18.9 Å². The van der Waals surface area contributed by atoms with Gasteiger partial charge in [0.15, 0.2) is 0 Å². The van der Waals surface area contributed by atoms with Gasteiger partial charge >= 0.3 is 0 Å². The van der Waals surface area contributed by atoms with Crippen LogP contribution < -0.4 is 0 Å². The number of hydrogen-bond acceptors (Lipinski definition) is 3. The lowest BCUT2D eigenvalue weighted by atomic mass is 10.1. The first-order chi connectivity index (χ1) is 8.86. The van der Waals surface area contributed by atoms with Crippen LogP contribution in [0.4, 0.5) is 0 Å². The predicted molar refractivity (Wildman–Crippen MR) is 75.0 cm³/mol. The number of carbonyl (C=O) groups is 1. The highest BCUT2D eigenvalue weighted by atomic mass is 16.3. The van der Waals surface area contributed by atoms with E-state index in [1.54, 1.807) is 11.9 Å².